The molecule has 0 radical (unpaired) electrons. The molecule has 0 saturated heterocycles. The van der Waals surface area contributed by atoms with Gasteiger partial charge in [0.2, 0.25) is 0 Å². The van der Waals surface area contributed by atoms with Crippen molar-refractivity contribution in [3.63, 3.8) is 0 Å². The number of hydrogen-bond donors (Lipinski definition) is 1. The minimum absolute atomic E-state index is 0.204. The Morgan fingerprint density at radius 1 is 1.18 bits per heavy atom. The van der Waals surface area contributed by atoms with Gasteiger partial charge >= 0.3 is 6.18 Å². The lowest BCUT2D eigenvalue weighted by atomic mass is 9.78. The predicted molar refractivity (Wildman–Crippen MR) is 58.7 cm³/mol. The van der Waals surface area contributed by atoms with E-state index in [2.05, 4.69) is 0 Å². The average molecular weight is 244 g/mol. The molecule has 0 spiro atoms. The number of rotatable bonds is 2. The molecule has 0 saturated carbocycles. The minimum atomic E-state index is -4.19. The van der Waals surface area contributed by atoms with Crippen LogP contribution in [0.25, 0.3) is 0 Å². The van der Waals surface area contributed by atoms with E-state index in [1.165, 1.54) is 0 Å². The molecule has 94 valence electrons. The third-order valence-corrected chi connectivity index (χ3v) is 3.37. The predicted octanol–water partition coefficient (Wildman–Crippen LogP) is 3.25. The topological polar surface area (TPSA) is 20.2 Å². The Morgan fingerprint density at radius 3 is 2.47 bits per heavy atom. The van der Waals surface area contributed by atoms with Crippen LogP contribution in [-0.4, -0.2) is 16.9 Å². The molecule has 1 aromatic carbocycles. The summed E-state index contributed by atoms with van der Waals surface area (Å²) in [7, 11) is 0. The van der Waals surface area contributed by atoms with Crippen LogP contribution in [0.4, 0.5) is 13.2 Å². The fourth-order valence-electron chi connectivity index (χ4n) is 2.37. The third-order valence-electron chi connectivity index (χ3n) is 3.37. The molecular weight excluding hydrogens is 229 g/mol. The molecule has 0 heterocycles. The SMILES string of the molecule is OC1(CCC(F)(F)F)CCc2ccccc2C1. The Bertz CT molecular complexity index is 400. The second-order valence-electron chi connectivity index (χ2n) is 4.79. The van der Waals surface area contributed by atoms with E-state index < -0.39 is 18.2 Å². The number of aryl methyl sites for hydroxylation is 1. The lowest BCUT2D eigenvalue weighted by Crippen LogP contribution is -2.37. The first-order valence-electron chi connectivity index (χ1n) is 5.74. The fraction of sp³-hybridized carbons (Fsp3) is 0.538. The normalized spacial score (nSPS) is 24.5. The lowest BCUT2D eigenvalue weighted by Gasteiger charge is -2.33. The second-order valence-corrected chi connectivity index (χ2v) is 4.79. The summed E-state index contributed by atoms with van der Waals surface area (Å²) in [4.78, 5) is 0. The molecule has 4 heteroatoms. The van der Waals surface area contributed by atoms with E-state index in [9.17, 15) is 18.3 Å². The summed E-state index contributed by atoms with van der Waals surface area (Å²) in [6, 6.07) is 7.62. The van der Waals surface area contributed by atoms with E-state index in [0.717, 1.165) is 11.1 Å². The van der Waals surface area contributed by atoms with Crippen molar-refractivity contribution in [2.45, 2.75) is 43.9 Å². The standard InChI is InChI=1S/C13H15F3O/c14-13(15,16)8-7-12(17)6-5-10-3-1-2-4-11(10)9-12/h1-4,17H,5-9H2. The van der Waals surface area contributed by atoms with Gasteiger partial charge in [0, 0.05) is 12.8 Å². The number of alkyl halides is 3. The highest BCUT2D eigenvalue weighted by atomic mass is 19.4. The fourth-order valence-corrected chi connectivity index (χ4v) is 2.37. The molecule has 1 aromatic rings. The second kappa shape index (κ2) is 4.33. The van der Waals surface area contributed by atoms with Crippen molar-refractivity contribution < 1.29 is 18.3 Å². The molecule has 0 fully saturated rings. The molecule has 0 aliphatic heterocycles. The van der Waals surface area contributed by atoms with Gasteiger partial charge in [-0.15, -0.1) is 0 Å². The van der Waals surface area contributed by atoms with E-state index in [1.54, 1.807) is 0 Å². The smallest absolute Gasteiger partial charge is 0.389 e. The van der Waals surface area contributed by atoms with Crippen molar-refractivity contribution in [1.29, 1.82) is 0 Å². The zero-order valence-electron chi connectivity index (χ0n) is 9.43. The monoisotopic (exact) mass is 244 g/mol. The highest BCUT2D eigenvalue weighted by molar-refractivity contribution is 5.31. The zero-order chi connectivity index (χ0) is 12.5. The molecule has 1 aliphatic rings. The van der Waals surface area contributed by atoms with Crippen LogP contribution in [0.3, 0.4) is 0 Å². The molecule has 0 aromatic heterocycles. The maximum atomic E-state index is 12.2. The van der Waals surface area contributed by atoms with Crippen LogP contribution in [-0.2, 0) is 12.8 Å². The van der Waals surface area contributed by atoms with Crippen LogP contribution in [0.15, 0.2) is 24.3 Å². The number of fused-ring (bicyclic) bond motifs is 1. The van der Waals surface area contributed by atoms with Crippen LogP contribution in [0, 0.1) is 0 Å². The van der Waals surface area contributed by atoms with Gasteiger partial charge in [-0.1, -0.05) is 24.3 Å². The van der Waals surface area contributed by atoms with Gasteiger partial charge in [-0.2, -0.15) is 13.2 Å². The van der Waals surface area contributed by atoms with Gasteiger partial charge in [0.25, 0.3) is 0 Å². The summed E-state index contributed by atoms with van der Waals surface area (Å²) in [5, 5.41) is 10.2. The first-order chi connectivity index (χ1) is 7.88. The summed E-state index contributed by atoms with van der Waals surface area (Å²) in [6.07, 6.45) is -3.90. The lowest BCUT2D eigenvalue weighted by molar-refractivity contribution is -0.147. The Hall–Kier alpha value is -1.03. The minimum Gasteiger partial charge on any atom is -0.390 e. The summed E-state index contributed by atoms with van der Waals surface area (Å²) in [5.74, 6) is 0. The van der Waals surface area contributed by atoms with E-state index in [4.69, 9.17) is 0 Å². The number of halogens is 3. The molecule has 1 atom stereocenters. The Kier molecular flexibility index (Phi) is 3.17. The summed E-state index contributed by atoms with van der Waals surface area (Å²) in [5.41, 5.74) is 0.928. The van der Waals surface area contributed by atoms with Gasteiger partial charge in [0.1, 0.15) is 0 Å². The molecule has 0 amide bonds. The Balaban J connectivity index is 2.05. The first-order valence-corrected chi connectivity index (χ1v) is 5.74. The Morgan fingerprint density at radius 2 is 1.82 bits per heavy atom. The first kappa shape index (κ1) is 12.4. The van der Waals surface area contributed by atoms with E-state index in [1.807, 2.05) is 24.3 Å². The number of aliphatic hydroxyl groups is 1. The van der Waals surface area contributed by atoms with Crippen LogP contribution in [0.2, 0.25) is 0 Å². The maximum Gasteiger partial charge on any atom is 0.389 e. The third kappa shape index (κ3) is 3.22. The van der Waals surface area contributed by atoms with Crippen LogP contribution in [0.1, 0.15) is 30.4 Å². The van der Waals surface area contributed by atoms with Crippen LogP contribution in [0.5, 0.6) is 0 Å². The molecule has 1 unspecified atom stereocenters. The van der Waals surface area contributed by atoms with Gasteiger partial charge in [0.15, 0.2) is 0 Å². The van der Waals surface area contributed by atoms with Crippen LogP contribution >= 0.6 is 0 Å². The molecule has 2 rings (SSSR count). The molecule has 1 N–H and O–H groups in total. The zero-order valence-corrected chi connectivity index (χ0v) is 9.43. The van der Waals surface area contributed by atoms with Gasteiger partial charge < -0.3 is 5.11 Å². The number of hydrogen-bond acceptors (Lipinski definition) is 1. The summed E-state index contributed by atoms with van der Waals surface area (Å²) < 4.78 is 36.5. The van der Waals surface area contributed by atoms with Gasteiger partial charge in [-0.25, -0.2) is 0 Å². The number of benzene rings is 1. The van der Waals surface area contributed by atoms with Gasteiger partial charge in [-0.3, -0.25) is 0 Å². The molecular formula is C13H15F3O. The van der Waals surface area contributed by atoms with E-state index in [0.29, 0.717) is 19.3 Å². The van der Waals surface area contributed by atoms with Crippen molar-refractivity contribution in [2.75, 3.05) is 0 Å². The van der Waals surface area contributed by atoms with Crippen molar-refractivity contribution in [2.24, 2.45) is 0 Å². The summed E-state index contributed by atoms with van der Waals surface area (Å²) >= 11 is 0. The van der Waals surface area contributed by atoms with Gasteiger partial charge in [0.05, 0.1) is 5.60 Å². The maximum absolute atomic E-state index is 12.2. The van der Waals surface area contributed by atoms with Crippen molar-refractivity contribution in [3.05, 3.63) is 35.4 Å². The Labute approximate surface area is 98.3 Å². The molecule has 0 bridgehead atoms. The molecule has 1 nitrogen and oxygen atoms in total. The average Bonchev–Trinajstić information content (AvgIpc) is 2.26. The summed E-state index contributed by atoms with van der Waals surface area (Å²) in [6.45, 7) is 0. The van der Waals surface area contributed by atoms with Crippen LogP contribution < -0.4 is 0 Å². The largest absolute Gasteiger partial charge is 0.390 e. The van der Waals surface area contributed by atoms with E-state index in [-0.39, 0.29) is 6.42 Å². The van der Waals surface area contributed by atoms with Gasteiger partial charge in [-0.05, 0) is 30.4 Å². The highest BCUT2D eigenvalue weighted by Gasteiger charge is 2.36. The van der Waals surface area contributed by atoms with Crippen molar-refractivity contribution in [1.82, 2.24) is 0 Å². The molecule has 1 aliphatic carbocycles. The van der Waals surface area contributed by atoms with E-state index >= 15 is 0 Å². The quantitative estimate of drug-likeness (QED) is 0.846. The van der Waals surface area contributed by atoms with Crippen molar-refractivity contribution in [3.8, 4) is 0 Å². The highest BCUT2D eigenvalue weighted by Crippen LogP contribution is 2.34. The molecule has 17 heavy (non-hydrogen) atoms. The van der Waals surface area contributed by atoms with Crippen molar-refractivity contribution >= 4 is 0 Å².